The summed E-state index contributed by atoms with van der Waals surface area (Å²) < 4.78 is 10.4. The van der Waals surface area contributed by atoms with E-state index >= 15 is 0 Å². The standard InChI is InChI=1S/C22H25N3O2.C21H23N3O2.CH4/c1-4-6-16(18-7-5-10-23-14-18)11-19-15(2)13-24-22(25-19)17-8-9-20(26)21(12-17)27-3;1-4-15(17-6-5-9-22-13-17)10-18-14(2)12-23-21(24-18)16-7-8-19(25)20(11-16)26-3;/h5,7-10,12-14,16,26H,4,6,11H2,1-3H3;5-9,11-13,15,25H,4,10H2,1-3H3;1H4/t16-;15-;/m11./s1. The average molecular weight is 729 g/mol. The Labute approximate surface area is 319 Å². The Balaban J connectivity index is 0.000000236. The van der Waals surface area contributed by atoms with E-state index in [1.54, 1.807) is 48.8 Å². The number of nitrogens with zero attached hydrogens (tertiary/aromatic N) is 6. The number of phenols is 2. The van der Waals surface area contributed by atoms with E-state index in [0.717, 1.165) is 65.7 Å². The lowest BCUT2D eigenvalue weighted by atomic mass is 9.90. The van der Waals surface area contributed by atoms with Gasteiger partial charge in [0.1, 0.15) is 0 Å². The van der Waals surface area contributed by atoms with Crippen LogP contribution in [0.15, 0.2) is 97.8 Å². The summed E-state index contributed by atoms with van der Waals surface area (Å²) in [5.74, 6) is 3.03. The van der Waals surface area contributed by atoms with Crippen molar-refractivity contribution < 1.29 is 19.7 Å². The number of hydrogen-bond acceptors (Lipinski definition) is 10. The van der Waals surface area contributed by atoms with Crippen molar-refractivity contribution in [3.63, 3.8) is 0 Å². The van der Waals surface area contributed by atoms with Crippen LogP contribution < -0.4 is 9.47 Å². The molecule has 6 rings (SSSR count). The van der Waals surface area contributed by atoms with Gasteiger partial charge in [-0.1, -0.05) is 39.8 Å². The minimum Gasteiger partial charge on any atom is -0.504 e. The summed E-state index contributed by atoms with van der Waals surface area (Å²) >= 11 is 0. The number of hydrogen-bond donors (Lipinski definition) is 2. The lowest BCUT2D eigenvalue weighted by Gasteiger charge is -2.17. The minimum atomic E-state index is 0. The highest BCUT2D eigenvalue weighted by Gasteiger charge is 2.17. The molecule has 10 heteroatoms. The predicted octanol–water partition coefficient (Wildman–Crippen LogP) is 9.62. The Morgan fingerprint density at radius 3 is 1.50 bits per heavy atom. The molecular weight excluding hydrogens is 677 g/mol. The maximum atomic E-state index is 9.81. The van der Waals surface area contributed by atoms with Crippen molar-refractivity contribution in [3.8, 4) is 45.8 Å². The SMILES string of the molecule is C.CCC[C@H](Cc1nc(-c2ccc(O)c(OC)c2)ncc1C)c1cccnc1.CC[C@H](Cc1nc(-c2ccc(O)c(OC)c2)ncc1C)c1cccnc1. The minimum absolute atomic E-state index is 0. The van der Waals surface area contributed by atoms with Gasteiger partial charge >= 0.3 is 0 Å². The van der Waals surface area contributed by atoms with Crippen LogP contribution in [0.3, 0.4) is 0 Å². The van der Waals surface area contributed by atoms with Crippen LogP contribution in [0, 0.1) is 13.8 Å². The maximum absolute atomic E-state index is 9.81. The van der Waals surface area contributed by atoms with Gasteiger partial charge < -0.3 is 19.7 Å². The van der Waals surface area contributed by atoms with Gasteiger partial charge in [-0.2, -0.15) is 0 Å². The smallest absolute Gasteiger partial charge is 0.161 e. The molecule has 4 aromatic heterocycles. The van der Waals surface area contributed by atoms with Crippen molar-refractivity contribution in [2.24, 2.45) is 0 Å². The van der Waals surface area contributed by atoms with E-state index < -0.39 is 0 Å². The van der Waals surface area contributed by atoms with E-state index in [1.807, 2.05) is 50.8 Å². The van der Waals surface area contributed by atoms with Gasteiger partial charge in [-0.3, -0.25) is 9.97 Å². The van der Waals surface area contributed by atoms with Gasteiger partial charge in [0, 0.05) is 59.7 Å². The third-order valence-electron chi connectivity index (χ3n) is 9.35. The Kier molecular flexibility index (Phi) is 15.0. The molecule has 6 aromatic rings. The monoisotopic (exact) mass is 728 g/mol. The Hall–Kier alpha value is -5.90. The van der Waals surface area contributed by atoms with Crippen molar-refractivity contribution in [1.82, 2.24) is 29.9 Å². The molecule has 2 atom stereocenters. The van der Waals surface area contributed by atoms with Gasteiger partial charge in [0.15, 0.2) is 34.6 Å². The van der Waals surface area contributed by atoms with Crippen LogP contribution in [-0.4, -0.2) is 54.3 Å². The number of phenolic OH excluding ortho intramolecular Hbond substituents is 2. The molecule has 54 heavy (non-hydrogen) atoms. The Morgan fingerprint density at radius 2 is 1.09 bits per heavy atom. The van der Waals surface area contributed by atoms with Crippen molar-refractivity contribution >= 4 is 0 Å². The first kappa shape index (κ1) is 40.9. The van der Waals surface area contributed by atoms with Gasteiger partial charge in [-0.25, -0.2) is 19.9 Å². The van der Waals surface area contributed by atoms with Crippen molar-refractivity contribution in [3.05, 3.63) is 131 Å². The van der Waals surface area contributed by atoms with Gasteiger partial charge in [0.25, 0.3) is 0 Å². The van der Waals surface area contributed by atoms with E-state index in [9.17, 15) is 10.2 Å². The van der Waals surface area contributed by atoms with Crippen LogP contribution in [-0.2, 0) is 12.8 Å². The second-order valence-corrected chi connectivity index (χ2v) is 13.0. The highest BCUT2D eigenvalue weighted by Crippen LogP contribution is 2.33. The summed E-state index contributed by atoms with van der Waals surface area (Å²) in [7, 11) is 3.06. The van der Waals surface area contributed by atoms with E-state index in [4.69, 9.17) is 19.4 Å². The van der Waals surface area contributed by atoms with Crippen LogP contribution in [0.2, 0.25) is 0 Å². The Morgan fingerprint density at radius 1 is 0.630 bits per heavy atom. The first-order chi connectivity index (χ1) is 25.7. The topological polar surface area (TPSA) is 136 Å². The zero-order chi connectivity index (χ0) is 37.7. The molecule has 0 amide bonds. The second kappa shape index (κ2) is 19.8. The lowest BCUT2D eigenvalue weighted by molar-refractivity contribution is 0.373. The highest BCUT2D eigenvalue weighted by molar-refractivity contribution is 5.62. The number of methoxy groups -OCH3 is 2. The molecule has 2 N–H and O–H groups in total. The van der Waals surface area contributed by atoms with Crippen molar-refractivity contribution in [2.45, 2.75) is 79.1 Å². The van der Waals surface area contributed by atoms with Crippen LogP contribution in [0.5, 0.6) is 23.0 Å². The normalized spacial score (nSPS) is 11.7. The molecule has 0 saturated carbocycles. The van der Waals surface area contributed by atoms with Crippen LogP contribution >= 0.6 is 0 Å². The lowest BCUT2D eigenvalue weighted by Crippen LogP contribution is -2.08. The van der Waals surface area contributed by atoms with Crippen LogP contribution in [0.1, 0.15) is 86.0 Å². The third-order valence-corrected chi connectivity index (χ3v) is 9.35. The molecule has 282 valence electrons. The van der Waals surface area contributed by atoms with Crippen molar-refractivity contribution in [2.75, 3.05) is 14.2 Å². The molecule has 0 saturated heterocycles. The quantitative estimate of drug-likeness (QED) is 0.118. The Bertz CT molecular complexity index is 2080. The highest BCUT2D eigenvalue weighted by atomic mass is 16.5. The first-order valence-corrected chi connectivity index (χ1v) is 17.9. The van der Waals surface area contributed by atoms with Gasteiger partial charge in [0.2, 0.25) is 0 Å². The zero-order valence-electron chi connectivity index (χ0n) is 31.3. The summed E-state index contributed by atoms with van der Waals surface area (Å²) in [6.07, 6.45) is 16.1. The molecule has 0 spiro atoms. The van der Waals surface area contributed by atoms with E-state index in [1.165, 1.54) is 25.3 Å². The molecular formula is C44H52N6O4. The molecule has 2 aromatic carbocycles. The van der Waals surface area contributed by atoms with Gasteiger partial charge in [0.05, 0.1) is 14.2 Å². The molecule has 0 radical (unpaired) electrons. The molecule has 0 aliphatic heterocycles. The molecule has 10 nitrogen and oxygen atoms in total. The summed E-state index contributed by atoms with van der Waals surface area (Å²) in [6.45, 7) is 8.46. The average Bonchev–Trinajstić information content (AvgIpc) is 3.19. The first-order valence-electron chi connectivity index (χ1n) is 17.9. The number of pyridine rings is 2. The molecule has 0 aliphatic carbocycles. The van der Waals surface area contributed by atoms with Crippen molar-refractivity contribution in [1.29, 1.82) is 0 Å². The summed E-state index contributed by atoms with van der Waals surface area (Å²) in [4.78, 5) is 27.1. The fraction of sp³-hybridized carbons (Fsp3) is 0.318. The van der Waals surface area contributed by atoms with Crippen LogP contribution in [0.25, 0.3) is 22.8 Å². The van der Waals surface area contributed by atoms with Gasteiger partial charge in [-0.05, 0) is 122 Å². The number of aromatic nitrogens is 6. The molecule has 0 unspecified atom stereocenters. The van der Waals surface area contributed by atoms with E-state index in [2.05, 4.69) is 45.9 Å². The predicted molar refractivity (Wildman–Crippen MR) is 214 cm³/mol. The number of benzene rings is 2. The number of aromatic hydroxyl groups is 2. The number of ether oxygens (including phenoxy) is 2. The van der Waals surface area contributed by atoms with Crippen LogP contribution in [0.4, 0.5) is 0 Å². The second-order valence-electron chi connectivity index (χ2n) is 13.0. The van der Waals surface area contributed by atoms with E-state index in [-0.39, 0.29) is 18.9 Å². The van der Waals surface area contributed by atoms with Gasteiger partial charge in [-0.15, -0.1) is 0 Å². The maximum Gasteiger partial charge on any atom is 0.161 e. The zero-order valence-corrected chi connectivity index (χ0v) is 31.3. The molecule has 4 heterocycles. The summed E-state index contributed by atoms with van der Waals surface area (Å²) in [5.41, 5.74) is 8.31. The molecule has 0 aliphatic rings. The number of aryl methyl sites for hydroxylation is 2. The largest absolute Gasteiger partial charge is 0.504 e. The third kappa shape index (κ3) is 10.4. The summed E-state index contributed by atoms with van der Waals surface area (Å²) in [5, 5.41) is 19.6. The fourth-order valence-electron chi connectivity index (χ4n) is 6.21. The fourth-order valence-corrected chi connectivity index (χ4v) is 6.21. The summed E-state index contributed by atoms with van der Waals surface area (Å²) in [6, 6.07) is 18.5. The molecule has 0 bridgehead atoms. The molecule has 0 fully saturated rings. The number of rotatable bonds is 13. The van der Waals surface area contributed by atoms with E-state index in [0.29, 0.717) is 35.0 Å².